The van der Waals surface area contributed by atoms with Crippen LogP contribution < -0.4 is 53.8 Å². The Balaban J connectivity index is 0.738. The molecular weight excluding hydrogens is 1370 g/mol. The highest BCUT2D eigenvalue weighted by atomic mass is 19.1. The van der Waals surface area contributed by atoms with Crippen LogP contribution in [-0.2, 0) is 108 Å². The van der Waals surface area contributed by atoms with Gasteiger partial charge >= 0.3 is 24.1 Å². The zero-order chi connectivity index (χ0) is 75.6. The summed E-state index contributed by atoms with van der Waals surface area (Å²) in [4.78, 5) is 148. The molecule has 9 amide bonds. The highest BCUT2D eigenvalue weighted by Crippen LogP contribution is 2.46. The second-order valence-corrected chi connectivity index (χ2v) is 25.9. The summed E-state index contributed by atoms with van der Waals surface area (Å²) in [7, 11) is 0. The Kier molecular flexibility index (Phi) is 30.8. The number of primary amides is 1. The molecule has 0 saturated carbocycles. The quantitative estimate of drug-likeness (QED) is 0.0116. The van der Waals surface area contributed by atoms with Crippen molar-refractivity contribution in [3.8, 4) is 23.2 Å². The molecule has 33 heteroatoms. The third-order valence-electron chi connectivity index (χ3n) is 18.1. The van der Waals surface area contributed by atoms with Crippen LogP contribution in [0.4, 0.5) is 19.7 Å². The van der Waals surface area contributed by atoms with Gasteiger partial charge in [0.1, 0.15) is 63.2 Å². The fraction of sp³-hybridized carbons (Fsp3) is 0.556. The Morgan fingerprint density at radius 1 is 0.771 bits per heavy atom. The van der Waals surface area contributed by atoms with E-state index in [2.05, 4.69) is 54.4 Å². The van der Waals surface area contributed by atoms with Gasteiger partial charge in [-0.05, 0) is 111 Å². The number of nitrogens with two attached hydrogens (primary N) is 1. The largest absolute Gasteiger partial charge is 0.481 e. The predicted octanol–water partition coefficient (Wildman–Crippen LogP) is 2.82. The minimum Gasteiger partial charge on any atom is -0.481 e. The summed E-state index contributed by atoms with van der Waals surface area (Å²) in [6, 6.07) is 3.65. The first-order valence-corrected chi connectivity index (χ1v) is 35.3. The normalized spacial score (nSPS) is 17.1. The van der Waals surface area contributed by atoms with E-state index in [1.54, 1.807) is 45.9 Å². The minimum absolute atomic E-state index is 0.0199. The van der Waals surface area contributed by atoms with Gasteiger partial charge in [0.15, 0.2) is 5.60 Å². The number of hydrogen-bond acceptors (Lipinski definition) is 21. The Labute approximate surface area is 605 Å². The van der Waals surface area contributed by atoms with Crippen molar-refractivity contribution >= 4 is 76.1 Å². The van der Waals surface area contributed by atoms with Gasteiger partial charge in [-0.3, -0.25) is 43.7 Å². The molecule has 2 aliphatic heterocycles. The number of nitrogens with one attached hydrogen (secondary N) is 8. The molecule has 0 fully saturated rings. The number of carboxylic acids is 1. The number of anilines is 1. The molecule has 0 saturated heterocycles. The maximum Gasteiger partial charge on any atom is 0.409 e. The molecular formula is C72H94FN11O21. The standard InChI is InChI=1S/C72H94FN11O21/c1-5-72(97)50-34-56-64-48(36-84(56)68(93)49(50)38-104-69(72)94)62-52(20-19-47-43(4)51(73)35-55(81-64)61(47)62)79-59(87)39-102-41-77-71(96)105-37-44-15-17-45(18-16-44)78-65(90)53(14-11-24-76-70(74)95)82-67(92)63(42(2)3)83-66(91)54(21-22-60(88)89)80-57(85)23-26-98-28-30-100-32-33-101-31-29-99-27-25-75-58(86)40-103-46-12-9-7-6-8-10-13-46/h15-18,34-35,42,46,52-54,63,97H,5-9,11-12,14,19-33,36-41H2,1-4H3,(H,75,86)(H,77,96)(H,78,90)(H,79,87)(H,80,85)(H,82,92)(H,83,91)(H,88,89)(H3,74,76,95)/t46?,52-,53-,54-,63-,72-/m0/s1. The molecule has 1 unspecified atom stereocenters. The second-order valence-electron chi connectivity index (χ2n) is 25.9. The number of aryl methyl sites for hydroxylation is 1. The smallest absolute Gasteiger partial charge is 0.409 e. The second kappa shape index (κ2) is 40.0. The fourth-order valence-corrected chi connectivity index (χ4v) is 12.5. The van der Waals surface area contributed by atoms with Crippen molar-refractivity contribution in [3.05, 3.63) is 91.5 Å². The fourth-order valence-electron chi connectivity index (χ4n) is 12.5. The van der Waals surface area contributed by atoms with Gasteiger partial charge in [-0.2, -0.15) is 0 Å². The summed E-state index contributed by atoms with van der Waals surface area (Å²) >= 11 is 0. The first kappa shape index (κ1) is 81.0. The van der Waals surface area contributed by atoms with Crippen molar-refractivity contribution in [1.82, 2.24) is 46.8 Å². The Hall–Kier alpha value is -9.69. The number of hydrogen-bond donors (Lipinski definition) is 11. The van der Waals surface area contributed by atoms with E-state index >= 15 is 4.39 Å². The number of nitrogens with zero attached hydrogens (tertiary/aromatic N) is 2. The third kappa shape index (κ3) is 23.2. The number of halogens is 1. The molecule has 570 valence electrons. The Bertz CT molecular complexity index is 3920. The number of benzene rings is 2. The van der Waals surface area contributed by atoms with E-state index in [9.17, 15) is 63.0 Å². The lowest BCUT2D eigenvalue weighted by atomic mass is 9.81. The first-order chi connectivity index (χ1) is 50.4. The number of rotatable bonds is 41. The average molecular weight is 1470 g/mol. The number of aliphatic hydroxyl groups is 1. The Morgan fingerprint density at radius 3 is 2.19 bits per heavy atom. The molecule has 12 N–H and O–H groups in total. The van der Waals surface area contributed by atoms with E-state index in [-0.39, 0.29) is 127 Å². The number of carboxylic acid groups (broad SMARTS) is 1. The lowest BCUT2D eigenvalue weighted by Gasteiger charge is -2.31. The highest BCUT2D eigenvalue weighted by molar-refractivity contribution is 5.99. The van der Waals surface area contributed by atoms with Crippen LogP contribution in [-0.4, -0.2) is 189 Å². The summed E-state index contributed by atoms with van der Waals surface area (Å²) in [6.45, 7) is 7.10. The number of esters is 1. The summed E-state index contributed by atoms with van der Waals surface area (Å²) in [5.74, 6) is -0.773. The third-order valence-corrected chi connectivity index (χ3v) is 18.1. The van der Waals surface area contributed by atoms with Crippen LogP contribution in [0, 0.1) is 30.5 Å². The van der Waals surface area contributed by atoms with Crippen molar-refractivity contribution in [3.63, 3.8) is 0 Å². The number of urea groups is 1. The van der Waals surface area contributed by atoms with Gasteiger partial charge in [0.25, 0.3) is 5.56 Å². The number of pyridine rings is 2. The van der Waals surface area contributed by atoms with E-state index in [4.69, 9.17) is 48.6 Å². The number of aliphatic carboxylic acids is 1. The number of cyclic esters (lactones) is 1. The van der Waals surface area contributed by atoms with Gasteiger partial charge in [-0.25, -0.2) is 23.8 Å². The summed E-state index contributed by atoms with van der Waals surface area (Å²) < 4.78 is 60.6. The number of alkyl carbamates (subject to hydrolysis) is 1. The van der Waals surface area contributed by atoms with Gasteiger partial charge < -0.3 is 95.6 Å². The van der Waals surface area contributed by atoms with Crippen LogP contribution in [0.5, 0.6) is 0 Å². The molecule has 4 heterocycles. The SMILES string of the molecule is CC[C@@]1(O)C(=O)OCc2c1cc1n(c2=O)Cc2c-1nc1cc(F)c(C)c3c1c2[C@@H](NC(=O)COCNC(=O)OCc1ccc(NC(=O)[C@H](CCCNC(N)=O)NC(=O)[C@@H](NC(=O)[C@H](CCC(=O)O)NC(=O)CCOCCOCCOCCOCCNC(=O)COC2C#CCCCCC2)C(C)C)cc1)CC3. The molecule has 4 aromatic rings. The molecule has 2 aliphatic carbocycles. The average Bonchev–Trinajstić information content (AvgIpc) is 1.59. The van der Waals surface area contributed by atoms with Gasteiger partial charge in [0.05, 0.1) is 87.9 Å². The molecule has 2 aromatic heterocycles. The van der Waals surface area contributed by atoms with Crippen LogP contribution in [0.2, 0.25) is 0 Å². The molecule has 32 nitrogen and oxygen atoms in total. The van der Waals surface area contributed by atoms with E-state index < -0.39 is 120 Å². The number of carbonyl (C=O) groups excluding carboxylic acids is 9. The molecule has 8 rings (SSSR count). The predicted molar refractivity (Wildman–Crippen MR) is 373 cm³/mol. The number of aromatic nitrogens is 2. The van der Waals surface area contributed by atoms with Crippen molar-refractivity contribution in [1.29, 1.82) is 0 Å². The molecule has 2 aromatic carbocycles. The van der Waals surface area contributed by atoms with E-state index in [1.165, 1.54) is 22.8 Å². The van der Waals surface area contributed by atoms with Crippen LogP contribution in [0.25, 0.3) is 22.3 Å². The van der Waals surface area contributed by atoms with Crippen molar-refractivity contribution in [2.24, 2.45) is 11.7 Å². The summed E-state index contributed by atoms with van der Waals surface area (Å²) in [6.07, 6.45) is 3.59. The molecule has 0 bridgehead atoms. The van der Waals surface area contributed by atoms with E-state index in [0.717, 1.165) is 32.1 Å². The molecule has 0 radical (unpaired) electrons. The van der Waals surface area contributed by atoms with Gasteiger partial charge in [0, 0.05) is 60.6 Å². The van der Waals surface area contributed by atoms with Gasteiger partial charge in [0.2, 0.25) is 35.4 Å². The number of fused-ring (bicyclic) bond motifs is 5. The van der Waals surface area contributed by atoms with Crippen molar-refractivity contribution < 1.29 is 100 Å². The maximum absolute atomic E-state index is 15.4. The molecule has 6 atom stereocenters. The molecule has 105 heavy (non-hydrogen) atoms. The highest BCUT2D eigenvalue weighted by Gasteiger charge is 2.46. The van der Waals surface area contributed by atoms with Crippen molar-refractivity contribution in [2.45, 2.75) is 167 Å². The van der Waals surface area contributed by atoms with Crippen LogP contribution in [0.15, 0.2) is 41.2 Å². The van der Waals surface area contributed by atoms with Crippen LogP contribution in [0.3, 0.4) is 0 Å². The minimum atomic E-state index is -2.07. The zero-order valence-electron chi connectivity index (χ0n) is 59.4. The number of ether oxygens (including phenoxy) is 8. The topological polar surface area (TPSA) is 442 Å². The first-order valence-electron chi connectivity index (χ1n) is 35.3. The zero-order valence-corrected chi connectivity index (χ0v) is 59.4. The van der Waals surface area contributed by atoms with Gasteiger partial charge in [-0.15, -0.1) is 5.92 Å². The maximum atomic E-state index is 15.4. The molecule has 0 spiro atoms. The van der Waals surface area contributed by atoms with E-state index in [1.807, 2.05) is 0 Å². The summed E-state index contributed by atoms with van der Waals surface area (Å²) in [5, 5.41) is 42.6. The number of amides is 9. The number of carbonyl (C=O) groups is 10. The lowest BCUT2D eigenvalue weighted by Crippen LogP contribution is -2.58. The lowest BCUT2D eigenvalue weighted by molar-refractivity contribution is -0.172. The summed E-state index contributed by atoms with van der Waals surface area (Å²) in [5.41, 5.74) is 7.08. The Morgan fingerprint density at radius 2 is 1.49 bits per heavy atom. The van der Waals surface area contributed by atoms with E-state index in [0.29, 0.717) is 89.3 Å². The van der Waals surface area contributed by atoms with Crippen LogP contribution in [0.1, 0.15) is 143 Å². The van der Waals surface area contributed by atoms with Crippen molar-refractivity contribution in [2.75, 3.05) is 91.2 Å². The van der Waals surface area contributed by atoms with Crippen LogP contribution >= 0.6 is 0 Å². The monoisotopic (exact) mass is 1470 g/mol. The molecule has 4 aliphatic rings. The van der Waals surface area contributed by atoms with Gasteiger partial charge in [-0.1, -0.05) is 45.2 Å².